The van der Waals surface area contributed by atoms with E-state index in [1.54, 1.807) is 0 Å². The molecule has 3 heteroatoms. The third-order valence-electron chi connectivity index (χ3n) is 2.28. The lowest BCUT2D eigenvalue weighted by atomic mass is 10.2. The van der Waals surface area contributed by atoms with Crippen LogP contribution >= 0.6 is 0 Å². The molecule has 1 unspecified atom stereocenters. The van der Waals surface area contributed by atoms with Crippen molar-refractivity contribution in [3.05, 3.63) is 0 Å². The molecule has 0 amide bonds. The summed E-state index contributed by atoms with van der Waals surface area (Å²) in [5, 5.41) is 9.47. The summed E-state index contributed by atoms with van der Waals surface area (Å²) in [5.74, 6) is 1.08. The summed E-state index contributed by atoms with van der Waals surface area (Å²) in [6.07, 6.45) is 2.07. The normalized spacial score (nSPS) is 18.9. The van der Waals surface area contributed by atoms with Crippen molar-refractivity contribution < 1.29 is 14.6 Å². The highest BCUT2D eigenvalue weighted by Gasteiger charge is 2.29. The Balaban J connectivity index is 1.79. The van der Waals surface area contributed by atoms with E-state index in [0.717, 1.165) is 19.4 Å². The zero-order valence-corrected chi connectivity index (χ0v) is 9.24. The van der Waals surface area contributed by atoms with Gasteiger partial charge >= 0.3 is 0 Å². The molecule has 1 fully saturated rings. The Kier molecular flexibility index (Phi) is 5.45. The summed E-state index contributed by atoms with van der Waals surface area (Å²) < 4.78 is 10.6. The van der Waals surface area contributed by atoms with Gasteiger partial charge in [0.25, 0.3) is 0 Å². The molecule has 1 atom stereocenters. The molecule has 1 rings (SSSR count). The van der Waals surface area contributed by atoms with Crippen molar-refractivity contribution in [3.63, 3.8) is 0 Å². The maximum atomic E-state index is 9.47. The van der Waals surface area contributed by atoms with Gasteiger partial charge in [-0.3, -0.25) is 0 Å². The van der Waals surface area contributed by atoms with Gasteiger partial charge in [-0.25, -0.2) is 0 Å². The molecule has 1 aliphatic rings. The van der Waals surface area contributed by atoms with E-state index in [4.69, 9.17) is 9.47 Å². The fourth-order valence-corrected chi connectivity index (χ4v) is 1.26. The lowest BCUT2D eigenvalue weighted by molar-refractivity contribution is -0.00685. The number of rotatable bonds is 8. The van der Waals surface area contributed by atoms with E-state index in [0.29, 0.717) is 31.7 Å². The molecule has 0 aromatic heterocycles. The average Bonchev–Trinajstić information content (AvgIpc) is 2.92. The maximum Gasteiger partial charge on any atom is 0.0801 e. The first-order valence-electron chi connectivity index (χ1n) is 5.53. The molecule has 1 N–H and O–H groups in total. The Labute approximate surface area is 86.4 Å². The summed E-state index contributed by atoms with van der Waals surface area (Å²) in [7, 11) is 0. The summed E-state index contributed by atoms with van der Waals surface area (Å²) in [4.78, 5) is 0. The molecule has 0 bridgehead atoms. The van der Waals surface area contributed by atoms with Crippen molar-refractivity contribution in [2.24, 2.45) is 11.8 Å². The van der Waals surface area contributed by atoms with Gasteiger partial charge in [0.1, 0.15) is 0 Å². The quantitative estimate of drug-likeness (QED) is 0.605. The minimum atomic E-state index is -0.250. The van der Waals surface area contributed by atoms with Crippen molar-refractivity contribution in [1.29, 1.82) is 0 Å². The van der Waals surface area contributed by atoms with Crippen molar-refractivity contribution in [2.45, 2.75) is 32.8 Å². The van der Waals surface area contributed by atoms with Crippen LogP contribution in [0.3, 0.4) is 0 Å². The molecule has 0 aliphatic heterocycles. The molecule has 0 saturated heterocycles. The zero-order chi connectivity index (χ0) is 10.4. The van der Waals surface area contributed by atoms with Crippen LogP contribution in [0.15, 0.2) is 0 Å². The van der Waals surface area contributed by atoms with Crippen molar-refractivity contribution >= 4 is 0 Å². The van der Waals surface area contributed by atoms with Crippen LogP contribution < -0.4 is 0 Å². The average molecular weight is 202 g/mol. The van der Waals surface area contributed by atoms with Gasteiger partial charge in [0.05, 0.1) is 25.9 Å². The minimum Gasteiger partial charge on any atom is -0.390 e. The smallest absolute Gasteiger partial charge is 0.0801 e. The van der Waals surface area contributed by atoms with Crippen LogP contribution in [0.25, 0.3) is 0 Å². The Hall–Kier alpha value is -0.120. The van der Waals surface area contributed by atoms with E-state index < -0.39 is 0 Å². The molecule has 0 aromatic carbocycles. The van der Waals surface area contributed by atoms with Crippen LogP contribution in [0.2, 0.25) is 0 Å². The van der Waals surface area contributed by atoms with E-state index in [-0.39, 0.29) is 6.10 Å². The van der Waals surface area contributed by atoms with Crippen LogP contribution in [0.1, 0.15) is 26.7 Å². The predicted molar refractivity (Wildman–Crippen MR) is 55.2 cm³/mol. The third kappa shape index (κ3) is 5.58. The van der Waals surface area contributed by atoms with E-state index in [2.05, 4.69) is 13.8 Å². The van der Waals surface area contributed by atoms with Crippen LogP contribution in [-0.4, -0.2) is 37.6 Å². The van der Waals surface area contributed by atoms with Gasteiger partial charge in [0, 0.05) is 6.61 Å². The fraction of sp³-hybridized carbons (Fsp3) is 1.00. The maximum absolute atomic E-state index is 9.47. The van der Waals surface area contributed by atoms with Crippen LogP contribution in [0.5, 0.6) is 0 Å². The number of hydrogen-bond acceptors (Lipinski definition) is 3. The molecule has 1 saturated carbocycles. The highest BCUT2D eigenvalue weighted by Crippen LogP contribution is 2.32. The van der Waals surface area contributed by atoms with Gasteiger partial charge in [-0.15, -0.1) is 0 Å². The van der Waals surface area contributed by atoms with Gasteiger partial charge in [-0.2, -0.15) is 0 Å². The van der Waals surface area contributed by atoms with Gasteiger partial charge in [-0.05, 0) is 24.7 Å². The molecular formula is C11H22O3. The Morgan fingerprint density at radius 2 is 1.71 bits per heavy atom. The second kappa shape index (κ2) is 6.38. The topological polar surface area (TPSA) is 38.7 Å². The van der Waals surface area contributed by atoms with Gasteiger partial charge in [-0.1, -0.05) is 13.8 Å². The van der Waals surface area contributed by atoms with E-state index in [9.17, 15) is 5.11 Å². The molecule has 0 aromatic rings. The molecular weight excluding hydrogens is 180 g/mol. The number of aliphatic hydroxyl groups is 1. The monoisotopic (exact) mass is 202 g/mol. The molecule has 14 heavy (non-hydrogen) atoms. The fourth-order valence-electron chi connectivity index (χ4n) is 1.26. The second-order valence-electron chi connectivity index (χ2n) is 4.45. The van der Waals surface area contributed by atoms with Crippen molar-refractivity contribution in [1.82, 2.24) is 0 Å². The van der Waals surface area contributed by atoms with Crippen LogP contribution in [0, 0.1) is 11.8 Å². The molecule has 0 spiro atoms. The van der Waals surface area contributed by atoms with Crippen LogP contribution in [0.4, 0.5) is 0 Å². The van der Waals surface area contributed by atoms with Gasteiger partial charge in [0.15, 0.2) is 0 Å². The highest BCUT2D eigenvalue weighted by molar-refractivity contribution is 4.80. The Morgan fingerprint density at radius 3 is 2.21 bits per heavy atom. The van der Waals surface area contributed by atoms with E-state index in [1.807, 2.05) is 0 Å². The first-order chi connectivity index (χ1) is 6.70. The predicted octanol–water partition coefficient (Wildman–Crippen LogP) is 1.45. The number of hydrogen-bond donors (Lipinski definition) is 1. The zero-order valence-electron chi connectivity index (χ0n) is 9.24. The number of aliphatic hydroxyl groups excluding tert-OH is 1. The standard InChI is InChI=1S/C11H22O3/c1-9(2)7-13-5-6-14-8-11(12)10-3-4-10/h9-12H,3-8H2,1-2H3. The lowest BCUT2D eigenvalue weighted by Gasteiger charge is -2.10. The Bertz CT molecular complexity index is 143. The van der Waals surface area contributed by atoms with Gasteiger partial charge < -0.3 is 14.6 Å². The first kappa shape index (κ1) is 12.0. The van der Waals surface area contributed by atoms with Crippen molar-refractivity contribution in [3.8, 4) is 0 Å². The molecule has 1 aliphatic carbocycles. The molecule has 0 radical (unpaired) electrons. The third-order valence-corrected chi connectivity index (χ3v) is 2.28. The van der Waals surface area contributed by atoms with Crippen molar-refractivity contribution in [2.75, 3.05) is 26.4 Å². The van der Waals surface area contributed by atoms with E-state index >= 15 is 0 Å². The van der Waals surface area contributed by atoms with E-state index in [1.165, 1.54) is 0 Å². The minimum absolute atomic E-state index is 0.250. The summed E-state index contributed by atoms with van der Waals surface area (Å²) >= 11 is 0. The highest BCUT2D eigenvalue weighted by atomic mass is 16.5. The summed E-state index contributed by atoms with van der Waals surface area (Å²) in [5.41, 5.74) is 0. The van der Waals surface area contributed by atoms with Gasteiger partial charge in [0.2, 0.25) is 0 Å². The number of ether oxygens (including phenoxy) is 2. The summed E-state index contributed by atoms with van der Waals surface area (Å²) in [6, 6.07) is 0. The Morgan fingerprint density at radius 1 is 1.14 bits per heavy atom. The van der Waals surface area contributed by atoms with Crippen LogP contribution in [-0.2, 0) is 9.47 Å². The SMILES string of the molecule is CC(C)COCCOCC(O)C1CC1. The largest absolute Gasteiger partial charge is 0.390 e. The molecule has 0 heterocycles. The molecule has 3 nitrogen and oxygen atoms in total. The molecule has 84 valence electrons. The lowest BCUT2D eigenvalue weighted by Crippen LogP contribution is -2.19. The summed E-state index contributed by atoms with van der Waals surface area (Å²) in [6.45, 7) is 6.73. The second-order valence-corrected chi connectivity index (χ2v) is 4.45. The first-order valence-corrected chi connectivity index (χ1v) is 5.53.